The Labute approximate surface area is 109 Å². The van der Waals surface area contributed by atoms with E-state index >= 15 is 0 Å². The van der Waals surface area contributed by atoms with Crippen molar-refractivity contribution in [1.29, 1.82) is 0 Å². The monoisotopic (exact) mass is 262 g/mol. The van der Waals surface area contributed by atoms with Gasteiger partial charge in [0.05, 0.1) is 5.69 Å². The van der Waals surface area contributed by atoms with Crippen molar-refractivity contribution in [3.05, 3.63) is 40.4 Å². The maximum Gasteiger partial charge on any atom is 0.347 e. The van der Waals surface area contributed by atoms with Crippen molar-refractivity contribution < 1.29 is 9.90 Å². The summed E-state index contributed by atoms with van der Waals surface area (Å²) in [5, 5.41) is 12.7. The number of benzene rings is 1. The van der Waals surface area contributed by atoms with Gasteiger partial charge in [-0.25, -0.2) is 9.78 Å². The number of hydrogen-bond donors (Lipinski definition) is 2. The molecule has 1 heterocycles. The van der Waals surface area contributed by atoms with Crippen LogP contribution in [-0.4, -0.2) is 16.1 Å². The van der Waals surface area contributed by atoms with Gasteiger partial charge in [0.1, 0.15) is 4.88 Å². The van der Waals surface area contributed by atoms with Crippen LogP contribution >= 0.6 is 11.3 Å². The fourth-order valence-electron chi connectivity index (χ4n) is 1.60. The Bertz CT molecular complexity index is 561. The van der Waals surface area contributed by atoms with Crippen LogP contribution in [0.3, 0.4) is 0 Å². The number of nitrogens with one attached hydrogen (secondary N) is 1. The van der Waals surface area contributed by atoms with Gasteiger partial charge in [0.2, 0.25) is 0 Å². The Hall–Kier alpha value is -1.88. The van der Waals surface area contributed by atoms with Crippen LogP contribution in [0.2, 0.25) is 0 Å². The number of carboxylic acid groups (broad SMARTS) is 1. The summed E-state index contributed by atoms with van der Waals surface area (Å²) in [5.41, 5.74) is 2.72. The van der Waals surface area contributed by atoms with Gasteiger partial charge < -0.3 is 10.4 Å². The first-order valence-electron chi connectivity index (χ1n) is 5.67. The quantitative estimate of drug-likeness (QED) is 0.885. The molecular formula is C13H14N2O2S. The molecule has 0 radical (unpaired) electrons. The number of hydrogen-bond acceptors (Lipinski definition) is 4. The van der Waals surface area contributed by atoms with Crippen molar-refractivity contribution >= 4 is 28.1 Å². The molecule has 1 aromatic carbocycles. The maximum absolute atomic E-state index is 10.9. The first-order chi connectivity index (χ1) is 8.60. The molecular weight excluding hydrogens is 248 g/mol. The molecule has 0 saturated carbocycles. The summed E-state index contributed by atoms with van der Waals surface area (Å²) in [6.07, 6.45) is 1.000. The van der Waals surface area contributed by atoms with Crippen LogP contribution in [0.15, 0.2) is 24.3 Å². The zero-order chi connectivity index (χ0) is 13.1. The number of carbonyl (C=O) groups is 1. The molecule has 18 heavy (non-hydrogen) atoms. The highest BCUT2D eigenvalue weighted by atomic mass is 32.1. The van der Waals surface area contributed by atoms with Gasteiger partial charge in [-0.2, -0.15) is 0 Å². The van der Waals surface area contributed by atoms with E-state index in [0.29, 0.717) is 10.8 Å². The Kier molecular flexibility index (Phi) is 3.62. The molecule has 0 amide bonds. The van der Waals surface area contributed by atoms with Crippen molar-refractivity contribution in [2.75, 3.05) is 5.32 Å². The van der Waals surface area contributed by atoms with Crippen molar-refractivity contribution in [3.8, 4) is 0 Å². The van der Waals surface area contributed by atoms with E-state index in [1.165, 1.54) is 5.56 Å². The third-order valence-electron chi connectivity index (χ3n) is 2.60. The lowest BCUT2D eigenvalue weighted by Crippen LogP contribution is -1.94. The minimum atomic E-state index is -0.931. The first-order valence-corrected chi connectivity index (χ1v) is 6.48. The molecule has 0 aliphatic carbocycles. The molecule has 0 aliphatic rings. The van der Waals surface area contributed by atoms with Gasteiger partial charge in [-0.3, -0.25) is 0 Å². The molecule has 2 rings (SSSR count). The van der Waals surface area contributed by atoms with Crippen LogP contribution in [0.25, 0.3) is 0 Å². The second-order valence-corrected chi connectivity index (χ2v) is 4.91. The number of anilines is 2. The molecule has 2 aromatic rings. The summed E-state index contributed by atoms with van der Waals surface area (Å²) in [6.45, 7) is 3.80. The lowest BCUT2D eigenvalue weighted by atomic mass is 10.1. The summed E-state index contributed by atoms with van der Waals surface area (Å²) in [5.74, 6) is -0.931. The minimum Gasteiger partial charge on any atom is -0.477 e. The smallest absolute Gasteiger partial charge is 0.347 e. The van der Waals surface area contributed by atoms with Crippen molar-refractivity contribution in [3.63, 3.8) is 0 Å². The molecule has 2 N–H and O–H groups in total. The van der Waals surface area contributed by atoms with Gasteiger partial charge >= 0.3 is 5.97 Å². The molecule has 4 nitrogen and oxygen atoms in total. The van der Waals surface area contributed by atoms with Crippen molar-refractivity contribution in [2.24, 2.45) is 0 Å². The largest absolute Gasteiger partial charge is 0.477 e. The highest BCUT2D eigenvalue weighted by Gasteiger charge is 2.13. The third-order valence-corrected chi connectivity index (χ3v) is 3.67. The van der Waals surface area contributed by atoms with Gasteiger partial charge in [0, 0.05) is 5.69 Å². The van der Waals surface area contributed by atoms with E-state index in [0.717, 1.165) is 23.4 Å². The molecule has 0 unspecified atom stereocenters. The van der Waals surface area contributed by atoms with Crippen LogP contribution in [0.5, 0.6) is 0 Å². The van der Waals surface area contributed by atoms with Crippen LogP contribution in [-0.2, 0) is 6.42 Å². The van der Waals surface area contributed by atoms with Gasteiger partial charge in [-0.1, -0.05) is 30.4 Å². The van der Waals surface area contributed by atoms with Crippen LogP contribution in [0.4, 0.5) is 10.8 Å². The number of carboxylic acids is 1. The Morgan fingerprint density at radius 2 is 2.06 bits per heavy atom. The zero-order valence-electron chi connectivity index (χ0n) is 10.2. The predicted octanol–water partition coefficient (Wildman–Crippen LogP) is 3.46. The van der Waals surface area contributed by atoms with E-state index < -0.39 is 5.97 Å². The fourth-order valence-corrected chi connectivity index (χ4v) is 2.42. The van der Waals surface area contributed by atoms with Crippen LogP contribution < -0.4 is 5.32 Å². The Morgan fingerprint density at radius 3 is 2.56 bits per heavy atom. The normalized spacial score (nSPS) is 10.3. The molecule has 0 spiro atoms. The topological polar surface area (TPSA) is 62.2 Å². The summed E-state index contributed by atoms with van der Waals surface area (Å²) in [7, 11) is 0. The number of rotatable bonds is 4. The molecule has 0 fully saturated rings. The van der Waals surface area contributed by atoms with Crippen molar-refractivity contribution in [1.82, 2.24) is 4.98 Å². The highest BCUT2D eigenvalue weighted by Crippen LogP contribution is 2.25. The lowest BCUT2D eigenvalue weighted by Gasteiger charge is -2.03. The molecule has 0 aliphatic heterocycles. The van der Waals surface area contributed by atoms with E-state index in [1.54, 1.807) is 6.92 Å². The van der Waals surface area contributed by atoms with Crippen LogP contribution in [0, 0.1) is 6.92 Å². The number of aromatic carboxylic acids is 1. The summed E-state index contributed by atoms with van der Waals surface area (Å²) >= 11 is 1.15. The predicted molar refractivity (Wildman–Crippen MR) is 72.9 cm³/mol. The van der Waals surface area contributed by atoms with E-state index in [2.05, 4.69) is 17.2 Å². The van der Waals surface area contributed by atoms with E-state index in [9.17, 15) is 4.79 Å². The van der Waals surface area contributed by atoms with Crippen LogP contribution in [0.1, 0.15) is 27.9 Å². The first kappa shape index (κ1) is 12.6. The molecule has 1 aromatic heterocycles. The average Bonchev–Trinajstić information content (AvgIpc) is 2.71. The second kappa shape index (κ2) is 5.18. The molecule has 0 bridgehead atoms. The van der Waals surface area contributed by atoms with Gasteiger partial charge in [-0.15, -0.1) is 0 Å². The number of aryl methyl sites for hydroxylation is 2. The molecule has 0 atom stereocenters. The number of thiazole rings is 1. The standard InChI is InChI=1S/C13H14N2O2S/c1-3-9-4-6-10(7-5-9)15-13-14-8(2)11(18-13)12(16)17/h4-7H,3H2,1-2H3,(H,14,15)(H,16,17). The summed E-state index contributed by atoms with van der Waals surface area (Å²) < 4.78 is 0. The number of nitrogens with zero attached hydrogens (tertiary/aromatic N) is 1. The molecule has 5 heteroatoms. The van der Waals surface area contributed by atoms with Crippen molar-refractivity contribution in [2.45, 2.75) is 20.3 Å². The highest BCUT2D eigenvalue weighted by molar-refractivity contribution is 7.17. The van der Waals surface area contributed by atoms with Gasteiger partial charge in [0.25, 0.3) is 0 Å². The number of aromatic nitrogens is 1. The summed E-state index contributed by atoms with van der Waals surface area (Å²) in [4.78, 5) is 15.4. The lowest BCUT2D eigenvalue weighted by molar-refractivity contribution is 0.0701. The average molecular weight is 262 g/mol. The van der Waals surface area contributed by atoms with E-state index in [4.69, 9.17) is 5.11 Å². The summed E-state index contributed by atoms with van der Waals surface area (Å²) in [6, 6.07) is 8.02. The third kappa shape index (κ3) is 2.68. The maximum atomic E-state index is 10.9. The molecule has 0 saturated heterocycles. The minimum absolute atomic E-state index is 0.280. The van der Waals surface area contributed by atoms with E-state index in [-0.39, 0.29) is 4.88 Å². The van der Waals surface area contributed by atoms with Gasteiger partial charge in [0.15, 0.2) is 5.13 Å². The zero-order valence-corrected chi connectivity index (χ0v) is 11.0. The molecule has 94 valence electrons. The Balaban J connectivity index is 2.18. The van der Waals surface area contributed by atoms with E-state index in [1.807, 2.05) is 24.3 Å². The fraction of sp³-hybridized carbons (Fsp3) is 0.231. The SMILES string of the molecule is CCc1ccc(Nc2nc(C)c(C(=O)O)s2)cc1. The van der Waals surface area contributed by atoms with Gasteiger partial charge in [-0.05, 0) is 31.0 Å². The second-order valence-electron chi connectivity index (χ2n) is 3.91. The Morgan fingerprint density at radius 1 is 1.39 bits per heavy atom.